The fraction of sp³-hybridized carbons (Fsp3) is 0.389. The number of aryl methyl sites for hydroxylation is 1. The molecule has 26 heavy (non-hydrogen) atoms. The lowest BCUT2D eigenvalue weighted by Crippen LogP contribution is -2.20. The van der Waals surface area contributed by atoms with E-state index in [9.17, 15) is 4.79 Å². The number of ether oxygens (including phenoxy) is 2. The maximum absolute atomic E-state index is 12.5. The summed E-state index contributed by atoms with van der Waals surface area (Å²) in [4.78, 5) is 17.4. The Morgan fingerprint density at radius 2 is 2.12 bits per heavy atom. The van der Waals surface area contributed by atoms with Gasteiger partial charge >= 0.3 is 0 Å². The van der Waals surface area contributed by atoms with E-state index in [0.717, 1.165) is 16.0 Å². The van der Waals surface area contributed by atoms with Crippen LogP contribution in [0.25, 0.3) is 10.2 Å². The summed E-state index contributed by atoms with van der Waals surface area (Å²) in [5, 5.41) is 4.13. The van der Waals surface area contributed by atoms with E-state index in [4.69, 9.17) is 9.47 Å². The number of hydrogen-bond donors (Lipinski definition) is 0. The maximum Gasteiger partial charge on any atom is 0.300 e. The van der Waals surface area contributed by atoms with Crippen LogP contribution >= 0.6 is 11.3 Å². The lowest BCUT2D eigenvalue weighted by molar-refractivity contribution is 0.0991. The van der Waals surface area contributed by atoms with Crippen molar-refractivity contribution in [3.05, 3.63) is 41.0 Å². The lowest BCUT2D eigenvalue weighted by Gasteiger charge is -2.06. The van der Waals surface area contributed by atoms with Gasteiger partial charge in [-0.05, 0) is 38.1 Å². The zero-order valence-corrected chi connectivity index (χ0v) is 16.0. The third-order valence-electron chi connectivity index (χ3n) is 3.76. The van der Waals surface area contributed by atoms with Crippen LogP contribution in [-0.4, -0.2) is 40.1 Å². The van der Waals surface area contributed by atoms with E-state index < -0.39 is 0 Å². The molecule has 0 fully saturated rings. The van der Waals surface area contributed by atoms with Gasteiger partial charge in [0, 0.05) is 26.4 Å². The van der Waals surface area contributed by atoms with E-state index in [1.165, 1.54) is 11.3 Å². The van der Waals surface area contributed by atoms with Crippen molar-refractivity contribution in [1.82, 2.24) is 14.3 Å². The van der Waals surface area contributed by atoms with E-state index >= 15 is 0 Å². The number of carbonyl (C=O) groups excluding carboxylic acids is 1. The minimum Gasteiger partial charge on any atom is -0.494 e. The molecule has 0 spiro atoms. The topological polar surface area (TPSA) is 70.6 Å². The molecule has 0 aliphatic rings. The van der Waals surface area contributed by atoms with Crippen LogP contribution in [0.1, 0.15) is 24.3 Å². The van der Waals surface area contributed by atoms with Crippen LogP contribution in [0.3, 0.4) is 0 Å². The van der Waals surface area contributed by atoms with Crippen molar-refractivity contribution in [2.45, 2.75) is 20.4 Å². The Morgan fingerprint density at radius 3 is 2.81 bits per heavy atom. The molecule has 3 rings (SSSR count). The fourth-order valence-corrected chi connectivity index (χ4v) is 3.67. The van der Waals surface area contributed by atoms with Crippen molar-refractivity contribution in [3.63, 3.8) is 0 Å². The number of thiazole rings is 1. The molecule has 0 aliphatic heterocycles. The molecule has 0 aliphatic carbocycles. The van der Waals surface area contributed by atoms with Gasteiger partial charge < -0.3 is 14.0 Å². The predicted molar refractivity (Wildman–Crippen MR) is 101 cm³/mol. The molecule has 3 aromatic rings. The molecular formula is C18H22N4O3S. The number of carbonyl (C=O) groups is 1. The summed E-state index contributed by atoms with van der Waals surface area (Å²) < 4.78 is 15.7. The second-order valence-corrected chi connectivity index (χ2v) is 6.60. The van der Waals surface area contributed by atoms with Crippen LogP contribution in [0.15, 0.2) is 35.5 Å². The first-order valence-electron chi connectivity index (χ1n) is 8.55. The predicted octanol–water partition coefficient (Wildman–Crippen LogP) is 2.61. The Morgan fingerprint density at radius 1 is 1.27 bits per heavy atom. The van der Waals surface area contributed by atoms with Crippen molar-refractivity contribution in [1.29, 1.82) is 0 Å². The Labute approximate surface area is 155 Å². The standard InChI is InChI=1S/C18H22N4O3S/c1-4-24-11-10-22-15-7-6-13(25-5-2)12-16(15)26-18(22)19-17(23)14-8-9-21(3)20-14/h6-9,12H,4-5,10-11H2,1-3H3. The zero-order valence-electron chi connectivity index (χ0n) is 15.1. The zero-order chi connectivity index (χ0) is 18.5. The molecule has 1 amide bonds. The Kier molecular flexibility index (Phi) is 5.85. The average molecular weight is 374 g/mol. The smallest absolute Gasteiger partial charge is 0.300 e. The largest absolute Gasteiger partial charge is 0.494 e. The van der Waals surface area contributed by atoms with Crippen LogP contribution in [-0.2, 0) is 18.3 Å². The average Bonchev–Trinajstić information content (AvgIpc) is 3.19. The van der Waals surface area contributed by atoms with E-state index in [1.54, 1.807) is 24.0 Å². The number of rotatable bonds is 7. The first-order chi connectivity index (χ1) is 12.6. The highest BCUT2D eigenvalue weighted by Gasteiger charge is 2.12. The molecule has 2 aromatic heterocycles. The number of nitrogens with zero attached hydrogens (tertiary/aromatic N) is 4. The molecule has 1 aromatic carbocycles. The molecule has 0 saturated heterocycles. The van der Waals surface area contributed by atoms with Gasteiger partial charge in [-0.25, -0.2) is 0 Å². The molecule has 2 heterocycles. The normalized spacial score (nSPS) is 12.0. The van der Waals surface area contributed by atoms with Crippen molar-refractivity contribution in [2.75, 3.05) is 19.8 Å². The van der Waals surface area contributed by atoms with E-state index in [2.05, 4.69) is 10.1 Å². The van der Waals surface area contributed by atoms with Crippen molar-refractivity contribution in [3.8, 4) is 5.75 Å². The van der Waals surface area contributed by atoms with Gasteiger partial charge in [0.25, 0.3) is 5.91 Å². The number of hydrogen-bond acceptors (Lipinski definition) is 5. The molecule has 0 radical (unpaired) electrons. The monoisotopic (exact) mass is 374 g/mol. The second kappa shape index (κ2) is 8.29. The Hall–Kier alpha value is -2.45. The summed E-state index contributed by atoms with van der Waals surface area (Å²) in [6, 6.07) is 7.56. The van der Waals surface area contributed by atoms with Gasteiger partial charge in [0.1, 0.15) is 5.75 Å². The molecule has 0 atom stereocenters. The summed E-state index contributed by atoms with van der Waals surface area (Å²) in [6.45, 7) is 6.34. The molecule has 7 nitrogen and oxygen atoms in total. The summed E-state index contributed by atoms with van der Waals surface area (Å²) in [6.07, 6.45) is 1.73. The summed E-state index contributed by atoms with van der Waals surface area (Å²) in [5.74, 6) is 0.452. The third kappa shape index (κ3) is 4.03. The summed E-state index contributed by atoms with van der Waals surface area (Å²) in [7, 11) is 1.77. The van der Waals surface area contributed by atoms with Gasteiger partial charge in [-0.15, -0.1) is 0 Å². The van der Waals surface area contributed by atoms with Gasteiger partial charge in [-0.1, -0.05) is 11.3 Å². The quantitative estimate of drug-likeness (QED) is 0.596. The second-order valence-electron chi connectivity index (χ2n) is 5.59. The number of benzene rings is 1. The number of fused-ring (bicyclic) bond motifs is 1. The van der Waals surface area contributed by atoms with E-state index in [1.807, 2.05) is 36.6 Å². The first kappa shape index (κ1) is 18.3. The minimum atomic E-state index is -0.354. The Bertz CT molecular complexity index is 970. The fourth-order valence-electron chi connectivity index (χ4n) is 2.58. The maximum atomic E-state index is 12.5. The number of aromatic nitrogens is 3. The van der Waals surface area contributed by atoms with Crippen molar-refractivity contribution >= 4 is 27.5 Å². The van der Waals surface area contributed by atoms with Crippen molar-refractivity contribution in [2.24, 2.45) is 12.0 Å². The SMILES string of the molecule is CCOCCn1c(=NC(=O)c2ccn(C)n2)sc2cc(OCC)ccc21. The van der Waals surface area contributed by atoms with Crippen LogP contribution in [0.5, 0.6) is 5.75 Å². The molecule has 0 N–H and O–H groups in total. The van der Waals surface area contributed by atoms with Gasteiger partial charge in [0.2, 0.25) is 0 Å². The van der Waals surface area contributed by atoms with Gasteiger partial charge in [-0.3, -0.25) is 9.48 Å². The summed E-state index contributed by atoms with van der Waals surface area (Å²) >= 11 is 1.46. The molecule has 8 heteroatoms. The lowest BCUT2D eigenvalue weighted by atomic mass is 10.3. The molecular weight excluding hydrogens is 352 g/mol. The van der Waals surface area contributed by atoms with Gasteiger partial charge in [0.15, 0.2) is 10.5 Å². The highest BCUT2D eigenvalue weighted by Crippen LogP contribution is 2.23. The molecule has 0 saturated carbocycles. The summed E-state index contributed by atoms with van der Waals surface area (Å²) in [5.41, 5.74) is 1.34. The van der Waals surface area contributed by atoms with E-state index in [0.29, 0.717) is 36.9 Å². The van der Waals surface area contributed by atoms with Crippen LogP contribution in [0.4, 0.5) is 0 Å². The first-order valence-corrected chi connectivity index (χ1v) is 9.36. The molecule has 0 unspecified atom stereocenters. The minimum absolute atomic E-state index is 0.330. The van der Waals surface area contributed by atoms with E-state index in [-0.39, 0.29) is 5.91 Å². The number of amides is 1. The van der Waals surface area contributed by atoms with Crippen LogP contribution in [0.2, 0.25) is 0 Å². The van der Waals surface area contributed by atoms with Crippen LogP contribution < -0.4 is 9.54 Å². The van der Waals surface area contributed by atoms with Crippen molar-refractivity contribution < 1.29 is 14.3 Å². The Balaban J connectivity index is 2.04. The van der Waals surface area contributed by atoms with Gasteiger partial charge in [-0.2, -0.15) is 10.1 Å². The highest BCUT2D eigenvalue weighted by atomic mass is 32.1. The molecule has 0 bridgehead atoms. The molecule has 138 valence electrons. The highest BCUT2D eigenvalue weighted by molar-refractivity contribution is 7.16. The van der Waals surface area contributed by atoms with Crippen LogP contribution in [0, 0.1) is 0 Å². The van der Waals surface area contributed by atoms with Gasteiger partial charge in [0.05, 0.1) is 23.4 Å². The third-order valence-corrected chi connectivity index (χ3v) is 4.80.